The standard InChI is InChI=1S/C16H23NO4/c1-12(9-13-5-3-4-6-15(13)20-2)17-7-8-21-14(11-17)10-16(18)19/h3-6,12,14H,7-11H2,1-2H3,(H,18,19). The van der Waals surface area contributed by atoms with Crippen LogP contribution in [0.3, 0.4) is 0 Å². The van der Waals surface area contributed by atoms with Crippen LogP contribution < -0.4 is 4.74 Å². The summed E-state index contributed by atoms with van der Waals surface area (Å²) in [5.74, 6) is 0.0962. The fourth-order valence-electron chi connectivity index (χ4n) is 2.78. The second-order valence-corrected chi connectivity index (χ2v) is 5.45. The average molecular weight is 293 g/mol. The molecular weight excluding hydrogens is 270 g/mol. The van der Waals surface area contributed by atoms with E-state index in [1.807, 2.05) is 18.2 Å². The first-order valence-electron chi connectivity index (χ1n) is 7.29. The van der Waals surface area contributed by atoms with E-state index in [-0.39, 0.29) is 12.5 Å². The van der Waals surface area contributed by atoms with Crippen LogP contribution in [0.2, 0.25) is 0 Å². The summed E-state index contributed by atoms with van der Waals surface area (Å²) in [6, 6.07) is 8.34. The number of aliphatic carboxylic acids is 1. The molecule has 1 aliphatic heterocycles. The van der Waals surface area contributed by atoms with E-state index in [9.17, 15) is 4.79 Å². The van der Waals surface area contributed by atoms with E-state index in [4.69, 9.17) is 14.6 Å². The van der Waals surface area contributed by atoms with Gasteiger partial charge in [0.15, 0.2) is 0 Å². The van der Waals surface area contributed by atoms with Crippen molar-refractivity contribution in [3.63, 3.8) is 0 Å². The molecule has 116 valence electrons. The lowest BCUT2D eigenvalue weighted by molar-refractivity contribution is -0.142. The average Bonchev–Trinajstić information content (AvgIpc) is 2.47. The van der Waals surface area contributed by atoms with E-state index in [0.29, 0.717) is 19.2 Å². The molecule has 1 heterocycles. The molecule has 1 aliphatic rings. The first-order valence-corrected chi connectivity index (χ1v) is 7.29. The first kappa shape index (κ1) is 15.8. The number of hydrogen-bond acceptors (Lipinski definition) is 4. The Morgan fingerprint density at radius 1 is 1.52 bits per heavy atom. The van der Waals surface area contributed by atoms with Gasteiger partial charge in [-0.05, 0) is 25.0 Å². The van der Waals surface area contributed by atoms with Crippen LogP contribution in [0.5, 0.6) is 5.75 Å². The molecule has 2 unspecified atom stereocenters. The lowest BCUT2D eigenvalue weighted by Crippen LogP contribution is -2.48. The third kappa shape index (κ3) is 4.44. The van der Waals surface area contributed by atoms with Gasteiger partial charge >= 0.3 is 5.97 Å². The fraction of sp³-hybridized carbons (Fsp3) is 0.562. The van der Waals surface area contributed by atoms with Crippen LogP contribution in [0, 0.1) is 0 Å². The van der Waals surface area contributed by atoms with E-state index in [2.05, 4.69) is 17.9 Å². The van der Waals surface area contributed by atoms with E-state index < -0.39 is 5.97 Å². The van der Waals surface area contributed by atoms with Crippen LogP contribution in [0.25, 0.3) is 0 Å². The molecule has 0 radical (unpaired) electrons. The van der Waals surface area contributed by atoms with Gasteiger partial charge in [-0.1, -0.05) is 18.2 Å². The third-order valence-electron chi connectivity index (χ3n) is 3.90. The number of ether oxygens (including phenoxy) is 2. The lowest BCUT2D eigenvalue weighted by atomic mass is 10.0. The summed E-state index contributed by atoms with van der Waals surface area (Å²) >= 11 is 0. The number of methoxy groups -OCH3 is 1. The molecule has 2 atom stereocenters. The minimum atomic E-state index is -0.806. The number of carboxylic acids is 1. The van der Waals surface area contributed by atoms with Crippen molar-refractivity contribution in [2.45, 2.75) is 31.9 Å². The summed E-state index contributed by atoms with van der Waals surface area (Å²) in [5.41, 5.74) is 1.17. The maximum atomic E-state index is 10.8. The number of carbonyl (C=O) groups is 1. The summed E-state index contributed by atoms with van der Waals surface area (Å²) in [6.45, 7) is 4.26. The zero-order chi connectivity index (χ0) is 15.2. The van der Waals surface area contributed by atoms with Gasteiger partial charge in [-0.3, -0.25) is 9.69 Å². The summed E-state index contributed by atoms with van der Waals surface area (Å²) in [4.78, 5) is 13.1. The summed E-state index contributed by atoms with van der Waals surface area (Å²) in [5, 5.41) is 8.88. The quantitative estimate of drug-likeness (QED) is 0.866. The highest BCUT2D eigenvalue weighted by atomic mass is 16.5. The van der Waals surface area contributed by atoms with Crippen molar-refractivity contribution >= 4 is 5.97 Å². The minimum Gasteiger partial charge on any atom is -0.496 e. The van der Waals surface area contributed by atoms with E-state index in [1.54, 1.807) is 7.11 Å². The van der Waals surface area contributed by atoms with Crippen LogP contribution in [0.15, 0.2) is 24.3 Å². The van der Waals surface area contributed by atoms with Gasteiger partial charge in [-0.2, -0.15) is 0 Å². The minimum absolute atomic E-state index is 0.0673. The maximum absolute atomic E-state index is 10.8. The van der Waals surface area contributed by atoms with Gasteiger partial charge < -0.3 is 14.6 Å². The molecule has 0 aromatic heterocycles. The van der Waals surface area contributed by atoms with Crippen LogP contribution >= 0.6 is 0 Å². The maximum Gasteiger partial charge on any atom is 0.306 e. The van der Waals surface area contributed by atoms with Crippen molar-refractivity contribution in [3.05, 3.63) is 29.8 Å². The molecule has 2 rings (SSSR count). The summed E-state index contributed by atoms with van der Waals surface area (Å²) < 4.78 is 10.9. The first-order chi connectivity index (χ1) is 10.1. The Labute approximate surface area is 125 Å². The van der Waals surface area contributed by atoms with Gasteiger partial charge in [0.1, 0.15) is 5.75 Å². The van der Waals surface area contributed by atoms with Crippen LogP contribution in [-0.4, -0.2) is 54.9 Å². The Morgan fingerprint density at radius 3 is 3.00 bits per heavy atom. The van der Waals surface area contributed by atoms with Crippen molar-refractivity contribution in [2.75, 3.05) is 26.8 Å². The number of benzene rings is 1. The predicted octanol–water partition coefficient (Wildman–Crippen LogP) is 1.80. The second kappa shape index (κ2) is 7.43. The fourth-order valence-corrected chi connectivity index (χ4v) is 2.78. The Morgan fingerprint density at radius 2 is 2.29 bits per heavy atom. The van der Waals surface area contributed by atoms with E-state index in [0.717, 1.165) is 18.7 Å². The SMILES string of the molecule is COc1ccccc1CC(C)N1CCOC(CC(=O)O)C1. The Balaban J connectivity index is 1.96. The molecule has 1 aromatic carbocycles. The van der Waals surface area contributed by atoms with E-state index >= 15 is 0 Å². The molecule has 1 saturated heterocycles. The molecule has 1 N–H and O–H groups in total. The van der Waals surface area contributed by atoms with E-state index in [1.165, 1.54) is 5.56 Å². The Kier molecular flexibility index (Phi) is 5.59. The van der Waals surface area contributed by atoms with Gasteiger partial charge in [-0.25, -0.2) is 0 Å². The molecule has 0 bridgehead atoms. The number of nitrogens with zero attached hydrogens (tertiary/aromatic N) is 1. The van der Waals surface area contributed by atoms with Gasteiger partial charge in [0.05, 0.1) is 26.2 Å². The highest BCUT2D eigenvalue weighted by Gasteiger charge is 2.26. The van der Waals surface area contributed by atoms with Crippen molar-refractivity contribution in [3.8, 4) is 5.75 Å². The second-order valence-electron chi connectivity index (χ2n) is 5.45. The molecule has 0 spiro atoms. The summed E-state index contributed by atoms with van der Waals surface area (Å²) in [6.07, 6.45) is 0.734. The molecule has 1 fully saturated rings. The third-order valence-corrected chi connectivity index (χ3v) is 3.90. The summed E-state index contributed by atoms with van der Waals surface area (Å²) in [7, 11) is 1.68. The largest absolute Gasteiger partial charge is 0.496 e. The molecule has 5 nitrogen and oxygen atoms in total. The van der Waals surface area contributed by atoms with Crippen LogP contribution in [-0.2, 0) is 16.0 Å². The normalized spacial score (nSPS) is 21.0. The van der Waals surface area contributed by atoms with Crippen LogP contribution in [0.4, 0.5) is 0 Å². The molecule has 5 heteroatoms. The van der Waals surface area contributed by atoms with Crippen LogP contribution in [0.1, 0.15) is 18.9 Å². The smallest absolute Gasteiger partial charge is 0.306 e. The van der Waals surface area contributed by atoms with Gasteiger partial charge in [0, 0.05) is 19.1 Å². The Bertz CT molecular complexity index is 477. The molecule has 0 amide bonds. The highest BCUT2D eigenvalue weighted by Crippen LogP contribution is 2.21. The molecule has 0 saturated carbocycles. The van der Waals surface area contributed by atoms with Gasteiger partial charge in [-0.15, -0.1) is 0 Å². The zero-order valence-electron chi connectivity index (χ0n) is 12.6. The number of hydrogen-bond donors (Lipinski definition) is 1. The predicted molar refractivity (Wildman–Crippen MR) is 79.7 cm³/mol. The Hall–Kier alpha value is -1.59. The molecule has 0 aliphatic carbocycles. The van der Waals surface area contributed by atoms with Crippen molar-refractivity contribution < 1.29 is 19.4 Å². The number of carboxylic acid groups (broad SMARTS) is 1. The zero-order valence-corrected chi connectivity index (χ0v) is 12.6. The molecule has 21 heavy (non-hydrogen) atoms. The number of morpholine rings is 1. The van der Waals surface area contributed by atoms with Crippen molar-refractivity contribution in [1.29, 1.82) is 0 Å². The molecular formula is C16H23NO4. The van der Waals surface area contributed by atoms with Gasteiger partial charge in [0.2, 0.25) is 0 Å². The number of rotatable bonds is 6. The van der Waals surface area contributed by atoms with Crippen molar-refractivity contribution in [2.24, 2.45) is 0 Å². The van der Waals surface area contributed by atoms with Crippen molar-refractivity contribution in [1.82, 2.24) is 4.90 Å². The lowest BCUT2D eigenvalue weighted by Gasteiger charge is -2.36. The molecule has 1 aromatic rings. The monoisotopic (exact) mass is 293 g/mol. The highest BCUT2D eigenvalue weighted by molar-refractivity contribution is 5.67. The number of para-hydroxylation sites is 1. The van der Waals surface area contributed by atoms with Gasteiger partial charge in [0.25, 0.3) is 0 Å². The topological polar surface area (TPSA) is 59.0 Å².